The van der Waals surface area contributed by atoms with Crippen molar-refractivity contribution in [2.75, 3.05) is 4.90 Å². The van der Waals surface area contributed by atoms with Crippen LogP contribution in [0.5, 0.6) is 0 Å². The maximum absolute atomic E-state index is 2.55. The summed E-state index contributed by atoms with van der Waals surface area (Å²) >= 11 is 0. The number of hydrogen-bond donors (Lipinski definition) is 0. The number of benzene rings is 8. The summed E-state index contributed by atoms with van der Waals surface area (Å²) in [7, 11) is 0. The van der Waals surface area contributed by atoms with E-state index >= 15 is 0 Å². The molecule has 0 unspecified atom stereocenters. The molecule has 3 aliphatic carbocycles. The van der Waals surface area contributed by atoms with Crippen LogP contribution >= 0.6 is 0 Å². The van der Waals surface area contributed by atoms with Gasteiger partial charge in [-0.2, -0.15) is 0 Å². The van der Waals surface area contributed by atoms with Gasteiger partial charge >= 0.3 is 0 Å². The normalized spacial score (nSPS) is 14.5. The standard InChI is InChI=1S/C52H37N/c1-51(2)41-22-10-8-20-39(41)49-45(51)26-14-28-47(49)53(36-32-30-35(31-33-36)34-16-4-3-5-17-34)48-29-15-27-46-50(48)40-21-9-13-25-44(40)52(46)42-23-11-6-18-37(42)38-19-7-12-24-43(38)52/h3-33H,1-2H3. The smallest absolute Gasteiger partial charge is 0.0726 e. The molecular weight excluding hydrogens is 639 g/mol. The van der Waals surface area contributed by atoms with Crippen molar-refractivity contribution in [3.05, 3.63) is 221 Å². The molecule has 0 radical (unpaired) electrons. The van der Waals surface area contributed by atoms with Crippen molar-refractivity contribution in [2.45, 2.75) is 24.7 Å². The zero-order valence-corrected chi connectivity index (χ0v) is 29.8. The van der Waals surface area contributed by atoms with E-state index in [-0.39, 0.29) is 5.41 Å². The highest BCUT2D eigenvalue weighted by Gasteiger charge is 2.52. The highest BCUT2D eigenvalue weighted by atomic mass is 15.1. The molecular formula is C52H37N. The first-order valence-corrected chi connectivity index (χ1v) is 18.7. The van der Waals surface area contributed by atoms with Crippen molar-refractivity contribution >= 4 is 17.1 Å². The molecule has 0 heterocycles. The van der Waals surface area contributed by atoms with Crippen LogP contribution < -0.4 is 4.90 Å². The highest BCUT2D eigenvalue weighted by Crippen LogP contribution is 2.65. The molecule has 0 amide bonds. The summed E-state index contributed by atoms with van der Waals surface area (Å²) in [5.41, 5.74) is 21.5. The number of anilines is 3. The molecule has 11 rings (SSSR count). The molecule has 53 heavy (non-hydrogen) atoms. The van der Waals surface area contributed by atoms with Crippen LogP contribution in [0, 0.1) is 0 Å². The summed E-state index contributed by atoms with van der Waals surface area (Å²) in [5, 5.41) is 0. The third-order valence-electron chi connectivity index (χ3n) is 12.3. The van der Waals surface area contributed by atoms with Crippen LogP contribution in [0.3, 0.4) is 0 Å². The minimum atomic E-state index is -0.412. The molecule has 0 atom stereocenters. The zero-order valence-electron chi connectivity index (χ0n) is 29.8. The lowest BCUT2D eigenvalue weighted by molar-refractivity contribution is 0.660. The summed E-state index contributed by atoms with van der Waals surface area (Å²) in [6.45, 7) is 4.74. The summed E-state index contributed by atoms with van der Waals surface area (Å²) in [5.74, 6) is 0. The second-order valence-electron chi connectivity index (χ2n) is 15.2. The van der Waals surface area contributed by atoms with Gasteiger partial charge in [0.15, 0.2) is 0 Å². The number of rotatable bonds is 4. The number of fused-ring (bicyclic) bond motifs is 13. The van der Waals surface area contributed by atoms with Crippen molar-refractivity contribution in [3.8, 4) is 44.5 Å². The second-order valence-corrected chi connectivity index (χ2v) is 15.2. The Kier molecular flexibility index (Phi) is 6.29. The quantitative estimate of drug-likeness (QED) is 0.179. The lowest BCUT2D eigenvalue weighted by Crippen LogP contribution is -2.26. The Bertz CT molecular complexity index is 2710. The first-order valence-electron chi connectivity index (χ1n) is 18.7. The molecule has 8 aromatic carbocycles. The zero-order chi connectivity index (χ0) is 35.3. The molecule has 0 N–H and O–H groups in total. The van der Waals surface area contributed by atoms with Gasteiger partial charge < -0.3 is 4.90 Å². The number of hydrogen-bond acceptors (Lipinski definition) is 1. The van der Waals surface area contributed by atoms with Crippen LogP contribution in [0.2, 0.25) is 0 Å². The number of nitrogens with zero attached hydrogens (tertiary/aromatic N) is 1. The Balaban J connectivity index is 1.23. The van der Waals surface area contributed by atoms with E-state index in [0.717, 1.165) is 5.69 Å². The summed E-state index contributed by atoms with van der Waals surface area (Å²) in [6, 6.07) is 70.1. The fourth-order valence-corrected chi connectivity index (χ4v) is 10.1. The van der Waals surface area contributed by atoms with Gasteiger partial charge in [-0.25, -0.2) is 0 Å². The van der Waals surface area contributed by atoms with Crippen LogP contribution in [0.1, 0.15) is 47.2 Å². The fraction of sp³-hybridized carbons (Fsp3) is 0.0769. The molecule has 8 aromatic rings. The average Bonchev–Trinajstić information content (AvgIpc) is 3.78. The maximum atomic E-state index is 2.55. The predicted molar refractivity (Wildman–Crippen MR) is 220 cm³/mol. The molecule has 0 bridgehead atoms. The highest BCUT2D eigenvalue weighted by molar-refractivity contribution is 6.03. The molecule has 3 aliphatic rings. The van der Waals surface area contributed by atoms with Gasteiger partial charge in [-0.1, -0.05) is 178 Å². The van der Waals surface area contributed by atoms with E-state index in [1.165, 1.54) is 89.3 Å². The van der Waals surface area contributed by atoms with Crippen LogP contribution in [0.25, 0.3) is 44.5 Å². The van der Waals surface area contributed by atoms with Gasteiger partial charge in [0.2, 0.25) is 0 Å². The van der Waals surface area contributed by atoms with Crippen molar-refractivity contribution in [2.24, 2.45) is 0 Å². The van der Waals surface area contributed by atoms with E-state index in [2.05, 4.69) is 207 Å². The van der Waals surface area contributed by atoms with E-state index in [4.69, 9.17) is 0 Å². The predicted octanol–water partition coefficient (Wildman–Crippen LogP) is 13.5. The van der Waals surface area contributed by atoms with Gasteiger partial charge in [-0.15, -0.1) is 0 Å². The SMILES string of the molecule is CC1(C)c2ccccc2-c2c(N(c3ccc(-c4ccccc4)cc3)c3cccc4c3-c3ccccc3C43c4ccccc4-c4ccccc43)cccc21. The van der Waals surface area contributed by atoms with Crippen LogP contribution in [0.15, 0.2) is 188 Å². The Morgan fingerprint density at radius 3 is 1.34 bits per heavy atom. The minimum absolute atomic E-state index is 0.114. The Labute approximate surface area is 311 Å². The van der Waals surface area contributed by atoms with Gasteiger partial charge in [0.05, 0.1) is 16.8 Å². The summed E-state index contributed by atoms with van der Waals surface area (Å²) in [4.78, 5) is 2.55. The van der Waals surface area contributed by atoms with Crippen molar-refractivity contribution in [1.29, 1.82) is 0 Å². The van der Waals surface area contributed by atoms with Crippen LogP contribution in [-0.2, 0) is 10.8 Å². The monoisotopic (exact) mass is 675 g/mol. The maximum Gasteiger partial charge on any atom is 0.0726 e. The Morgan fingerprint density at radius 2 is 0.736 bits per heavy atom. The van der Waals surface area contributed by atoms with Gasteiger partial charge in [0.25, 0.3) is 0 Å². The molecule has 0 aliphatic heterocycles. The van der Waals surface area contributed by atoms with E-state index in [9.17, 15) is 0 Å². The Morgan fingerprint density at radius 1 is 0.321 bits per heavy atom. The molecule has 0 saturated heterocycles. The van der Waals surface area contributed by atoms with E-state index in [1.54, 1.807) is 0 Å². The molecule has 250 valence electrons. The molecule has 0 aromatic heterocycles. The summed E-state index contributed by atoms with van der Waals surface area (Å²) < 4.78 is 0. The topological polar surface area (TPSA) is 3.24 Å². The lowest BCUT2D eigenvalue weighted by Gasteiger charge is -2.32. The third kappa shape index (κ3) is 3.97. The second kappa shape index (κ2) is 11.0. The minimum Gasteiger partial charge on any atom is -0.309 e. The van der Waals surface area contributed by atoms with Crippen LogP contribution in [-0.4, -0.2) is 0 Å². The van der Waals surface area contributed by atoms with E-state index in [0.29, 0.717) is 0 Å². The largest absolute Gasteiger partial charge is 0.309 e. The van der Waals surface area contributed by atoms with E-state index in [1.807, 2.05) is 0 Å². The Hall–Kier alpha value is -6.44. The van der Waals surface area contributed by atoms with Gasteiger partial charge in [-0.05, 0) is 91.0 Å². The first-order chi connectivity index (χ1) is 26.1. The third-order valence-corrected chi connectivity index (χ3v) is 12.3. The molecule has 1 spiro atoms. The average molecular weight is 676 g/mol. The molecule has 1 nitrogen and oxygen atoms in total. The van der Waals surface area contributed by atoms with Gasteiger partial charge in [0.1, 0.15) is 0 Å². The van der Waals surface area contributed by atoms with E-state index < -0.39 is 5.41 Å². The first kappa shape index (κ1) is 30.2. The summed E-state index contributed by atoms with van der Waals surface area (Å²) in [6.07, 6.45) is 0. The lowest BCUT2D eigenvalue weighted by atomic mass is 9.70. The van der Waals surface area contributed by atoms with Crippen LogP contribution in [0.4, 0.5) is 17.1 Å². The van der Waals surface area contributed by atoms with Gasteiger partial charge in [-0.3, -0.25) is 0 Å². The molecule has 0 fully saturated rings. The van der Waals surface area contributed by atoms with Crippen molar-refractivity contribution in [1.82, 2.24) is 0 Å². The molecule has 1 heteroatoms. The van der Waals surface area contributed by atoms with Gasteiger partial charge in [0, 0.05) is 22.2 Å². The fourth-order valence-electron chi connectivity index (χ4n) is 10.1. The van der Waals surface area contributed by atoms with Crippen molar-refractivity contribution in [3.63, 3.8) is 0 Å². The molecule has 0 saturated carbocycles. The van der Waals surface area contributed by atoms with Crippen molar-refractivity contribution < 1.29 is 0 Å².